The van der Waals surface area contributed by atoms with Gasteiger partial charge in [0.05, 0.1) is 15.6 Å². The Morgan fingerprint density at radius 2 is 1.95 bits per heavy atom. The monoisotopic (exact) mass is 330 g/mol. The SMILES string of the molecule is CCC1(CNS(=O)(=O)c2cc(C)c(Cl)c(N)c2)CCCC1. The van der Waals surface area contributed by atoms with Gasteiger partial charge in [-0.15, -0.1) is 0 Å². The van der Waals surface area contributed by atoms with E-state index >= 15 is 0 Å². The lowest BCUT2D eigenvalue weighted by Gasteiger charge is -2.27. The maximum absolute atomic E-state index is 12.5. The summed E-state index contributed by atoms with van der Waals surface area (Å²) in [5.41, 5.74) is 6.84. The van der Waals surface area contributed by atoms with Gasteiger partial charge in [-0.25, -0.2) is 13.1 Å². The molecular formula is C15H23ClN2O2S. The molecule has 1 aliphatic carbocycles. The Hall–Kier alpha value is -0.780. The maximum atomic E-state index is 12.5. The Morgan fingerprint density at radius 1 is 1.33 bits per heavy atom. The summed E-state index contributed by atoms with van der Waals surface area (Å²) in [4.78, 5) is 0.186. The zero-order chi connectivity index (χ0) is 15.7. The van der Waals surface area contributed by atoms with Gasteiger partial charge in [-0.3, -0.25) is 0 Å². The number of aryl methyl sites for hydroxylation is 1. The van der Waals surface area contributed by atoms with Crippen LogP contribution in [0.3, 0.4) is 0 Å². The van der Waals surface area contributed by atoms with E-state index in [1.54, 1.807) is 13.0 Å². The third kappa shape index (κ3) is 3.52. The number of halogens is 1. The van der Waals surface area contributed by atoms with Gasteiger partial charge in [-0.05, 0) is 49.3 Å². The van der Waals surface area contributed by atoms with E-state index in [-0.39, 0.29) is 10.3 Å². The van der Waals surface area contributed by atoms with Crippen LogP contribution in [0.1, 0.15) is 44.6 Å². The second-order valence-corrected chi connectivity index (χ2v) is 8.17. The molecule has 4 nitrogen and oxygen atoms in total. The van der Waals surface area contributed by atoms with Crippen LogP contribution >= 0.6 is 11.6 Å². The highest BCUT2D eigenvalue weighted by molar-refractivity contribution is 7.89. The van der Waals surface area contributed by atoms with Gasteiger partial charge in [0, 0.05) is 6.54 Å². The molecule has 0 atom stereocenters. The van der Waals surface area contributed by atoms with Crippen molar-refractivity contribution >= 4 is 27.3 Å². The van der Waals surface area contributed by atoms with Crippen molar-refractivity contribution in [1.82, 2.24) is 4.72 Å². The second kappa shape index (κ2) is 6.15. The highest BCUT2D eigenvalue weighted by Gasteiger charge is 2.33. The topological polar surface area (TPSA) is 72.2 Å². The summed E-state index contributed by atoms with van der Waals surface area (Å²) < 4.78 is 27.7. The number of sulfonamides is 1. The number of nitrogen functional groups attached to an aromatic ring is 1. The van der Waals surface area contributed by atoms with E-state index in [4.69, 9.17) is 17.3 Å². The highest BCUT2D eigenvalue weighted by Crippen LogP contribution is 2.40. The number of benzene rings is 1. The summed E-state index contributed by atoms with van der Waals surface area (Å²) in [6, 6.07) is 2.99. The highest BCUT2D eigenvalue weighted by atomic mass is 35.5. The van der Waals surface area contributed by atoms with Gasteiger partial charge in [0.2, 0.25) is 10.0 Å². The first kappa shape index (κ1) is 16.6. The van der Waals surface area contributed by atoms with E-state index in [0.29, 0.717) is 22.8 Å². The molecule has 0 amide bonds. The van der Waals surface area contributed by atoms with Crippen LogP contribution in [-0.2, 0) is 10.0 Å². The molecule has 0 radical (unpaired) electrons. The quantitative estimate of drug-likeness (QED) is 0.812. The fourth-order valence-corrected chi connectivity index (χ4v) is 4.42. The van der Waals surface area contributed by atoms with Crippen LogP contribution in [0.5, 0.6) is 0 Å². The molecule has 1 aliphatic rings. The van der Waals surface area contributed by atoms with Crippen LogP contribution < -0.4 is 10.5 Å². The minimum absolute atomic E-state index is 0.111. The standard InChI is InChI=1S/C15H23ClN2O2S/c1-3-15(6-4-5-7-15)10-18-21(19,20)12-8-11(2)14(16)13(17)9-12/h8-9,18H,3-7,10,17H2,1-2H3. The zero-order valence-electron chi connectivity index (χ0n) is 12.6. The maximum Gasteiger partial charge on any atom is 0.240 e. The van der Waals surface area contributed by atoms with Crippen LogP contribution in [-0.4, -0.2) is 15.0 Å². The third-order valence-electron chi connectivity index (χ3n) is 4.62. The van der Waals surface area contributed by atoms with E-state index < -0.39 is 10.0 Å². The number of hydrogen-bond donors (Lipinski definition) is 2. The first-order valence-electron chi connectivity index (χ1n) is 7.35. The average molecular weight is 331 g/mol. The lowest BCUT2D eigenvalue weighted by Crippen LogP contribution is -2.35. The third-order valence-corrected chi connectivity index (χ3v) is 6.51. The summed E-state index contributed by atoms with van der Waals surface area (Å²) >= 11 is 5.98. The predicted octanol–water partition coefficient (Wildman–Crippen LogP) is 3.48. The van der Waals surface area contributed by atoms with Gasteiger partial charge >= 0.3 is 0 Å². The van der Waals surface area contributed by atoms with Crippen molar-refractivity contribution in [1.29, 1.82) is 0 Å². The smallest absolute Gasteiger partial charge is 0.240 e. The Labute approximate surface area is 132 Å². The van der Waals surface area contributed by atoms with E-state index in [2.05, 4.69) is 11.6 Å². The van der Waals surface area contributed by atoms with Gasteiger partial charge in [-0.1, -0.05) is 31.4 Å². The van der Waals surface area contributed by atoms with Crippen LogP contribution in [0.25, 0.3) is 0 Å². The Kier molecular flexibility index (Phi) is 4.85. The van der Waals surface area contributed by atoms with E-state index in [1.165, 1.54) is 18.9 Å². The summed E-state index contributed by atoms with van der Waals surface area (Å²) in [5, 5.41) is 0.412. The number of nitrogens with one attached hydrogen (secondary N) is 1. The lowest BCUT2D eigenvalue weighted by atomic mass is 9.84. The number of nitrogens with two attached hydrogens (primary N) is 1. The zero-order valence-corrected chi connectivity index (χ0v) is 14.1. The van der Waals surface area contributed by atoms with E-state index in [1.807, 2.05) is 0 Å². The molecule has 0 unspecified atom stereocenters. The van der Waals surface area contributed by atoms with Crippen LogP contribution in [0, 0.1) is 12.3 Å². The molecule has 6 heteroatoms. The van der Waals surface area contributed by atoms with Crippen molar-refractivity contribution in [3.05, 3.63) is 22.7 Å². The summed E-state index contributed by atoms with van der Waals surface area (Å²) in [5.74, 6) is 0. The molecule has 1 aromatic carbocycles. The second-order valence-electron chi connectivity index (χ2n) is 6.03. The molecule has 1 aromatic rings. The average Bonchev–Trinajstić information content (AvgIpc) is 2.92. The first-order chi connectivity index (χ1) is 9.80. The largest absolute Gasteiger partial charge is 0.397 e. The van der Waals surface area contributed by atoms with Gasteiger partial charge in [0.1, 0.15) is 0 Å². The number of hydrogen-bond acceptors (Lipinski definition) is 3. The Bertz CT molecular complexity index is 600. The molecule has 21 heavy (non-hydrogen) atoms. The minimum Gasteiger partial charge on any atom is -0.397 e. The van der Waals surface area contributed by atoms with Gasteiger partial charge in [0.25, 0.3) is 0 Å². The van der Waals surface area contributed by atoms with Crippen LogP contribution in [0.4, 0.5) is 5.69 Å². The molecule has 0 aromatic heterocycles. The molecule has 0 heterocycles. The fourth-order valence-electron chi connectivity index (χ4n) is 3.03. The van der Waals surface area contributed by atoms with E-state index in [9.17, 15) is 8.42 Å². The molecular weight excluding hydrogens is 308 g/mol. The minimum atomic E-state index is -3.55. The molecule has 118 valence electrons. The normalized spacial score (nSPS) is 18.0. The molecule has 0 bridgehead atoms. The van der Waals surface area contributed by atoms with Crippen molar-refractivity contribution in [2.45, 2.75) is 50.8 Å². The lowest BCUT2D eigenvalue weighted by molar-refractivity contribution is 0.285. The van der Waals surface area contributed by atoms with Crippen molar-refractivity contribution in [3.8, 4) is 0 Å². The fraction of sp³-hybridized carbons (Fsp3) is 0.600. The van der Waals surface area contributed by atoms with Crippen LogP contribution in [0.15, 0.2) is 17.0 Å². The molecule has 0 spiro atoms. The molecule has 1 saturated carbocycles. The predicted molar refractivity (Wildman–Crippen MR) is 87.0 cm³/mol. The number of anilines is 1. The summed E-state index contributed by atoms with van der Waals surface area (Å²) in [7, 11) is -3.55. The van der Waals surface area contributed by atoms with Crippen molar-refractivity contribution < 1.29 is 8.42 Å². The summed E-state index contributed by atoms with van der Waals surface area (Å²) in [6.45, 7) is 4.37. The van der Waals surface area contributed by atoms with Crippen molar-refractivity contribution in [3.63, 3.8) is 0 Å². The Balaban J connectivity index is 2.19. The molecule has 1 fully saturated rings. The molecule has 0 aliphatic heterocycles. The molecule has 3 N–H and O–H groups in total. The first-order valence-corrected chi connectivity index (χ1v) is 9.21. The molecule has 0 saturated heterocycles. The Morgan fingerprint density at radius 3 is 2.48 bits per heavy atom. The van der Waals surface area contributed by atoms with Gasteiger partial charge < -0.3 is 5.73 Å². The summed E-state index contributed by atoms with van der Waals surface area (Å²) in [6.07, 6.45) is 5.55. The van der Waals surface area contributed by atoms with Gasteiger partial charge in [-0.2, -0.15) is 0 Å². The van der Waals surface area contributed by atoms with E-state index in [0.717, 1.165) is 19.3 Å². The van der Waals surface area contributed by atoms with Crippen molar-refractivity contribution in [2.24, 2.45) is 5.41 Å². The van der Waals surface area contributed by atoms with Crippen molar-refractivity contribution in [2.75, 3.05) is 12.3 Å². The van der Waals surface area contributed by atoms with Crippen LogP contribution in [0.2, 0.25) is 5.02 Å². The van der Waals surface area contributed by atoms with Gasteiger partial charge in [0.15, 0.2) is 0 Å². The number of rotatable bonds is 5. The molecule has 2 rings (SSSR count).